The van der Waals surface area contributed by atoms with E-state index in [9.17, 15) is 4.79 Å². The van der Waals surface area contributed by atoms with Gasteiger partial charge in [-0.25, -0.2) is 4.98 Å². The Labute approximate surface area is 175 Å². The summed E-state index contributed by atoms with van der Waals surface area (Å²) in [6.07, 6.45) is 2.20. The molecule has 0 radical (unpaired) electrons. The van der Waals surface area contributed by atoms with Crippen LogP contribution in [-0.2, 0) is 4.79 Å². The maximum Gasteiger partial charge on any atom is 0.232 e. The Hall–Kier alpha value is -2.73. The normalized spacial score (nSPS) is 13.7. The fourth-order valence-corrected chi connectivity index (χ4v) is 4.49. The molecule has 29 heavy (non-hydrogen) atoms. The minimum absolute atomic E-state index is 0.180. The van der Waals surface area contributed by atoms with E-state index in [0.717, 1.165) is 58.7 Å². The van der Waals surface area contributed by atoms with E-state index in [0.29, 0.717) is 11.5 Å². The predicted molar refractivity (Wildman–Crippen MR) is 117 cm³/mol. The van der Waals surface area contributed by atoms with Gasteiger partial charge in [0.15, 0.2) is 0 Å². The van der Waals surface area contributed by atoms with Crippen molar-refractivity contribution in [3.8, 4) is 22.6 Å². The number of hydrogen-bond donors (Lipinski definition) is 0. The molecule has 1 saturated heterocycles. The maximum absolute atomic E-state index is 12.5. The number of amides is 1. The molecule has 0 saturated carbocycles. The van der Waals surface area contributed by atoms with Gasteiger partial charge in [0.25, 0.3) is 0 Å². The van der Waals surface area contributed by atoms with Crippen molar-refractivity contribution in [3.63, 3.8) is 0 Å². The Kier molecular flexibility index (Phi) is 5.90. The van der Waals surface area contributed by atoms with Crippen molar-refractivity contribution in [2.75, 3.05) is 33.1 Å². The molecule has 1 aromatic heterocycles. The van der Waals surface area contributed by atoms with E-state index in [1.807, 2.05) is 35.2 Å². The minimum atomic E-state index is 0.180. The van der Waals surface area contributed by atoms with Gasteiger partial charge < -0.3 is 14.4 Å². The van der Waals surface area contributed by atoms with Gasteiger partial charge in [-0.15, -0.1) is 0 Å². The third-order valence-corrected chi connectivity index (χ3v) is 6.06. The first kappa shape index (κ1) is 19.6. The summed E-state index contributed by atoms with van der Waals surface area (Å²) in [6.45, 7) is 1.74. The number of carbonyl (C=O) groups is 1. The molecule has 0 spiro atoms. The second kappa shape index (κ2) is 8.74. The van der Waals surface area contributed by atoms with Gasteiger partial charge in [0.2, 0.25) is 5.91 Å². The molecule has 4 rings (SSSR count). The SMILES string of the molecule is COc1cc(OC)c2c(-c3ccccc3)cc(SCC(=O)N3CCCC3)nc2c1. The van der Waals surface area contributed by atoms with Crippen molar-refractivity contribution >= 4 is 28.6 Å². The fourth-order valence-electron chi connectivity index (χ4n) is 3.67. The average Bonchev–Trinajstić information content (AvgIpc) is 3.31. The molecule has 0 aliphatic carbocycles. The van der Waals surface area contributed by atoms with Crippen LogP contribution >= 0.6 is 11.8 Å². The highest BCUT2D eigenvalue weighted by atomic mass is 32.2. The lowest BCUT2D eigenvalue weighted by Crippen LogP contribution is -2.29. The number of hydrogen-bond acceptors (Lipinski definition) is 5. The molecule has 5 nitrogen and oxygen atoms in total. The number of ether oxygens (including phenoxy) is 2. The third kappa shape index (κ3) is 4.17. The lowest BCUT2D eigenvalue weighted by atomic mass is 10.0. The van der Waals surface area contributed by atoms with Gasteiger partial charge in [-0.3, -0.25) is 4.79 Å². The number of carbonyl (C=O) groups excluding carboxylic acids is 1. The quantitative estimate of drug-likeness (QED) is 0.557. The molecular formula is C23H24N2O3S. The maximum atomic E-state index is 12.5. The molecule has 0 bridgehead atoms. The molecule has 3 aromatic rings. The number of benzene rings is 2. The second-order valence-corrected chi connectivity index (χ2v) is 7.97. The summed E-state index contributed by atoms with van der Waals surface area (Å²) in [5.74, 6) is 1.99. The standard InChI is InChI=1S/C23H24N2O3S/c1-27-17-12-19-23(20(13-17)28-2)18(16-8-4-3-5-9-16)14-21(24-19)29-15-22(26)25-10-6-7-11-25/h3-5,8-9,12-14H,6-7,10-11,15H2,1-2H3. The number of likely N-dealkylation sites (tertiary alicyclic amines) is 1. The van der Waals surface area contributed by atoms with Crippen molar-refractivity contribution in [1.29, 1.82) is 0 Å². The highest BCUT2D eigenvalue weighted by Crippen LogP contribution is 2.39. The van der Waals surface area contributed by atoms with Crippen LogP contribution in [0.1, 0.15) is 12.8 Å². The summed E-state index contributed by atoms with van der Waals surface area (Å²) in [5.41, 5.74) is 2.90. The van der Waals surface area contributed by atoms with Crippen LogP contribution in [-0.4, -0.2) is 48.9 Å². The number of fused-ring (bicyclic) bond motifs is 1. The van der Waals surface area contributed by atoms with E-state index < -0.39 is 0 Å². The summed E-state index contributed by atoms with van der Waals surface area (Å²) in [6, 6.07) is 16.0. The number of aromatic nitrogens is 1. The van der Waals surface area contributed by atoms with Gasteiger partial charge in [0, 0.05) is 25.2 Å². The van der Waals surface area contributed by atoms with Gasteiger partial charge in [-0.05, 0) is 30.0 Å². The Bertz CT molecular complexity index is 1020. The van der Waals surface area contributed by atoms with Crippen LogP contribution in [0, 0.1) is 0 Å². The van der Waals surface area contributed by atoms with Crippen molar-refractivity contribution in [3.05, 3.63) is 48.5 Å². The average molecular weight is 409 g/mol. The first-order valence-corrected chi connectivity index (χ1v) is 10.7. The van der Waals surface area contributed by atoms with Gasteiger partial charge in [-0.1, -0.05) is 42.1 Å². The van der Waals surface area contributed by atoms with Crippen LogP contribution in [0.25, 0.3) is 22.0 Å². The number of methoxy groups -OCH3 is 2. The molecule has 1 fully saturated rings. The largest absolute Gasteiger partial charge is 0.497 e. The molecule has 2 heterocycles. The zero-order valence-electron chi connectivity index (χ0n) is 16.7. The molecule has 1 aliphatic rings. The summed E-state index contributed by atoms with van der Waals surface area (Å²) in [4.78, 5) is 19.2. The van der Waals surface area contributed by atoms with Crippen LogP contribution in [0.15, 0.2) is 53.6 Å². The van der Waals surface area contributed by atoms with E-state index in [1.165, 1.54) is 11.8 Å². The van der Waals surface area contributed by atoms with Crippen molar-refractivity contribution in [2.24, 2.45) is 0 Å². The third-order valence-electron chi connectivity index (χ3n) is 5.17. The van der Waals surface area contributed by atoms with E-state index in [4.69, 9.17) is 14.5 Å². The number of thioether (sulfide) groups is 1. The predicted octanol–water partition coefficient (Wildman–Crippen LogP) is 4.63. The van der Waals surface area contributed by atoms with Crippen molar-refractivity contribution in [2.45, 2.75) is 17.9 Å². The molecule has 0 N–H and O–H groups in total. The number of rotatable bonds is 6. The van der Waals surface area contributed by atoms with Crippen molar-refractivity contribution in [1.82, 2.24) is 9.88 Å². The van der Waals surface area contributed by atoms with Crippen LogP contribution in [0.4, 0.5) is 0 Å². The smallest absolute Gasteiger partial charge is 0.232 e. The van der Waals surface area contributed by atoms with E-state index in [1.54, 1.807) is 14.2 Å². The van der Waals surface area contributed by atoms with Gasteiger partial charge in [0.05, 0.1) is 35.9 Å². The molecule has 6 heteroatoms. The summed E-state index contributed by atoms with van der Waals surface area (Å²) >= 11 is 1.48. The fraction of sp³-hybridized carbons (Fsp3) is 0.304. The zero-order valence-corrected chi connectivity index (χ0v) is 17.5. The molecule has 1 aliphatic heterocycles. The van der Waals surface area contributed by atoms with E-state index >= 15 is 0 Å². The first-order valence-electron chi connectivity index (χ1n) is 9.72. The molecule has 0 atom stereocenters. The summed E-state index contributed by atoms with van der Waals surface area (Å²) < 4.78 is 11.1. The Morgan fingerprint density at radius 3 is 2.52 bits per heavy atom. The van der Waals surface area contributed by atoms with Crippen LogP contribution in [0.2, 0.25) is 0 Å². The van der Waals surface area contributed by atoms with Gasteiger partial charge in [0.1, 0.15) is 11.5 Å². The molecular weight excluding hydrogens is 384 g/mol. The highest BCUT2D eigenvalue weighted by molar-refractivity contribution is 7.99. The summed E-state index contributed by atoms with van der Waals surface area (Å²) in [7, 11) is 3.28. The Balaban J connectivity index is 1.76. The summed E-state index contributed by atoms with van der Waals surface area (Å²) in [5, 5.41) is 1.76. The zero-order chi connectivity index (χ0) is 20.2. The topological polar surface area (TPSA) is 51.7 Å². The Morgan fingerprint density at radius 1 is 1.07 bits per heavy atom. The van der Waals surface area contributed by atoms with Crippen molar-refractivity contribution < 1.29 is 14.3 Å². The van der Waals surface area contributed by atoms with Gasteiger partial charge in [-0.2, -0.15) is 0 Å². The molecule has 2 aromatic carbocycles. The monoisotopic (exact) mass is 408 g/mol. The molecule has 150 valence electrons. The number of nitrogens with zero attached hydrogens (tertiary/aromatic N) is 2. The minimum Gasteiger partial charge on any atom is -0.497 e. The van der Waals surface area contributed by atoms with Gasteiger partial charge >= 0.3 is 0 Å². The highest BCUT2D eigenvalue weighted by Gasteiger charge is 2.19. The lowest BCUT2D eigenvalue weighted by Gasteiger charge is -2.16. The number of pyridine rings is 1. The van der Waals surface area contributed by atoms with Crippen LogP contribution in [0.3, 0.4) is 0 Å². The second-order valence-electron chi connectivity index (χ2n) is 6.97. The van der Waals surface area contributed by atoms with E-state index in [2.05, 4.69) is 18.2 Å². The molecule has 0 unspecified atom stereocenters. The lowest BCUT2D eigenvalue weighted by molar-refractivity contribution is -0.127. The first-order chi connectivity index (χ1) is 14.2. The van der Waals surface area contributed by atoms with Crippen LogP contribution < -0.4 is 9.47 Å². The molecule has 1 amide bonds. The Morgan fingerprint density at radius 2 is 1.83 bits per heavy atom. The van der Waals surface area contributed by atoms with Crippen LogP contribution in [0.5, 0.6) is 11.5 Å². The van der Waals surface area contributed by atoms with E-state index in [-0.39, 0.29) is 5.91 Å².